The van der Waals surface area contributed by atoms with Gasteiger partial charge in [-0.2, -0.15) is 10.2 Å². The van der Waals surface area contributed by atoms with Crippen LogP contribution in [0.3, 0.4) is 0 Å². The first-order valence-corrected chi connectivity index (χ1v) is 15.2. The van der Waals surface area contributed by atoms with Gasteiger partial charge >= 0.3 is 0 Å². The molecule has 1 saturated heterocycles. The van der Waals surface area contributed by atoms with Gasteiger partial charge < -0.3 is 25.2 Å². The Morgan fingerprint density at radius 1 is 1.16 bits per heavy atom. The standard InChI is InChI=1S/C31H38FN9O2/c1-4-25-28-24(16-33)35-18-40(28)26-17-34-31(38-29(26)41(25)20-8-6-5-7-9-20)37-23-15-22(32)21(14-27(23)43-3)30(42)36-19-10-12-39(2)13-11-19/h14-15,17-20,25H,4-13H2,1-3H3,(H,36,42)(H,34,37,38)/t25-/m1/s1. The van der Waals surface area contributed by atoms with Gasteiger partial charge in [0, 0.05) is 18.2 Å². The van der Waals surface area contributed by atoms with Crippen molar-refractivity contribution in [1.29, 1.82) is 5.26 Å². The van der Waals surface area contributed by atoms with Gasteiger partial charge in [-0.3, -0.25) is 9.36 Å². The Morgan fingerprint density at radius 2 is 1.93 bits per heavy atom. The number of benzene rings is 1. The Balaban J connectivity index is 1.32. The molecule has 2 N–H and O–H groups in total. The van der Waals surface area contributed by atoms with Crippen LogP contribution in [-0.4, -0.2) is 69.7 Å². The maximum Gasteiger partial charge on any atom is 0.254 e. The predicted octanol–water partition coefficient (Wildman–Crippen LogP) is 4.85. The molecule has 0 unspecified atom stereocenters. The van der Waals surface area contributed by atoms with Crippen molar-refractivity contribution in [3.8, 4) is 17.5 Å². The van der Waals surface area contributed by atoms with Crippen molar-refractivity contribution in [3.05, 3.63) is 47.4 Å². The number of nitrogens with one attached hydrogen (secondary N) is 2. The number of anilines is 3. The number of aromatic nitrogens is 4. The highest BCUT2D eigenvalue weighted by atomic mass is 19.1. The number of ether oxygens (including phenoxy) is 1. The molecule has 0 radical (unpaired) electrons. The molecule has 1 aliphatic carbocycles. The van der Waals surface area contributed by atoms with Crippen molar-refractivity contribution >= 4 is 23.4 Å². The first-order chi connectivity index (χ1) is 20.9. The number of hydrogen-bond acceptors (Lipinski definition) is 9. The molecular weight excluding hydrogens is 549 g/mol. The molecule has 2 fully saturated rings. The first kappa shape index (κ1) is 28.9. The number of rotatable bonds is 7. The van der Waals surface area contributed by atoms with E-state index in [1.165, 1.54) is 25.7 Å². The molecule has 1 aromatic carbocycles. The fourth-order valence-corrected chi connectivity index (χ4v) is 6.73. The summed E-state index contributed by atoms with van der Waals surface area (Å²) in [5, 5.41) is 15.9. The lowest BCUT2D eigenvalue weighted by Gasteiger charge is -2.44. The van der Waals surface area contributed by atoms with E-state index in [0.717, 1.165) is 75.2 Å². The molecule has 11 nitrogen and oxygen atoms in total. The summed E-state index contributed by atoms with van der Waals surface area (Å²) >= 11 is 0. The molecule has 226 valence electrons. The summed E-state index contributed by atoms with van der Waals surface area (Å²) in [4.78, 5) is 31.4. The van der Waals surface area contributed by atoms with Gasteiger partial charge in [0.15, 0.2) is 11.5 Å². The van der Waals surface area contributed by atoms with E-state index in [9.17, 15) is 10.1 Å². The zero-order chi connectivity index (χ0) is 30.1. The lowest BCUT2D eigenvalue weighted by Crippen LogP contribution is -2.44. The Morgan fingerprint density at radius 3 is 2.63 bits per heavy atom. The number of nitrogens with zero attached hydrogens (tertiary/aromatic N) is 7. The first-order valence-electron chi connectivity index (χ1n) is 15.2. The fraction of sp³-hybridized carbons (Fsp3) is 0.516. The summed E-state index contributed by atoms with van der Waals surface area (Å²) in [5.74, 6) is 0.221. The van der Waals surface area contributed by atoms with Gasteiger partial charge in [-0.1, -0.05) is 26.2 Å². The highest BCUT2D eigenvalue weighted by molar-refractivity contribution is 5.96. The molecule has 4 heterocycles. The van der Waals surface area contributed by atoms with E-state index in [1.807, 2.05) is 4.57 Å². The van der Waals surface area contributed by atoms with Crippen LogP contribution in [0.5, 0.6) is 5.75 Å². The fourth-order valence-electron chi connectivity index (χ4n) is 6.73. The second-order valence-corrected chi connectivity index (χ2v) is 11.7. The van der Waals surface area contributed by atoms with Gasteiger partial charge in [0.1, 0.15) is 29.7 Å². The monoisotopic (exact) mass is 587 g/mol. The third-order valence-electron chi connectivity index (χ3n) is 9.00. The predicted molar refractivity (Wildman–Crippen MR) is 160 cm³/mol. The van der Waals surface area contributed by atoms with Crippen molar-refractivity contribution in [1.82, 2.24) is 29.7 Å². The zero-order valence-electron chi connectivity index (χ0n) is 24.9. The Bertz CT molecular complexity index is 1540. The van der Waals surface area contributed by atoms with Crippen LogP contribution in [-0.2, 0) is 0 Å². The number of carbonyl (C=O) groups excluding carboxylic acids is 1. The molecule has 6 rings (SSSR count). The maximum atomic E-state index is 15.4. The molecule has 1 amide bonds. The van der Waals surface area contributed by atoms with Crippen LogP contribution in [0.2, 0.25) is 0 Å². The SMILES string of the molecule is CC[C@@H]1c2c(C#N)ncn2-c2cnc(Nc3cc(F)c(C(=O)NC4CCN(C)CC4)cc3OC)nc2N1C1CCCCC1. The van der Waals surface area contributed by atoms with E-state index in [-0.39, 0.29) is 29.6 Å². The van der Waals surface area contributed by atoms with Crippen LogP contribution >= 0.6 is 0 Å². The number of piperidine rings is 1. The summed E-state index contributed by atoms with van der Waals surface area (Å²) in [7, 11) is 3.53. The highest BCUT2D eigenvalue weighted by Crippen LogP contribution is 2.44. The highest BCUT2D eigenvalue weighted by Gasteiger charge is 2.39. The van der Waals surface area contributed by atoms with E-state index in [1.54, 1.807) is 12.5 Å². The summed E-state index contributed by atoms with van der Waals surface area (Å²) in [6.45, 7) is 3.89. The molecule has 1 atom stereocenters. The van der Waals surface area contributed by atoms with Crippen LogP contribution in [0.15, 0.2) is 24.7 Å². The van der Waals surface area contributed by atoms with Crippen molar-refractivity contribution < 1.29 is 13.9 Å². The van der Waals surface area contributed by atoms with Crippen LogP contribution in [0, 0.1) is 17.1 Å². The zero-order valence-corrected chi connectivity index (χ0v) is 24.9. The quantitative estimate of drug-likeness (QED) is 0.399. The van der Waals surface area contributed by atoms with E-state index in [0.29, 0.717) is 17.1 Å². The summed E-state index contributed by atoms with van der Waals surface area (Å²) in [6, 6.07) is 5.15. The van der Waals surface area contributed by atoms with E-state index >= 15 is 4.39 Å². The Labute approximate surface area is 251 Å². The van der Waals surface area contributed by atoms with Crippen molar-refractivity contribution in [2.75, 3.05) is 37.5 Å². The number of carbonyl (C=O) groups is 1. The minimum atomic E-state index is -0.659. The summed E-state index contributed by atoms with van der Waals surface area (Å²) in [5.41, 5.74) is 2.29. The number of methoxy groups -OCH3 is 1. The molecule has 12 heteroatoms. The molecular formula is C31H38FN9O2. The second-order valence-electron chi connectivity index (χ2n) is 11.7. The van der Waals surface area contributed by atoms with Crippen molar-refractivity contribution in [3.63, 3.8) is 0 Å². The van der Waals surface area contributed by atoms with Crippen LogP contribution < -0.4 is 20.3 Å². The van der Waals surface area contributed by atoms with Gasteiger partial charge in [-0.25, -0.2) is 14.4 Å². The minimum absolute atomic E-state index is 0.00935. The number of nitriles is 1. The summed E-state index contributed by atoms with van der Waals surface area (Å²) < 4.78 is 22.8. The van der Waals surface area contributed by atoms with Gasteiger partial charge in [0.05, 0.1) is 36.3 Å². The molecule has 0 spiro atoms. The van der Waals surface area contributed by atoms with Crippen LogP contribution in [0.4, 0.5) is 21.8 Å². The van der Waals surface area contributed by atoms with Gasteiger partial charge in [-0.05, 0) is 58.3 Å². The number of amides is 1. The Kier molecular flexibility index (Phi) is 8.17. The van der Waals surface area contributed by atoms with Crippen LogP contribution in [0.1, 0.15) is 86.1 Å². The average molecular weight is 588 g/mol. The summed E-state index contributed by atoms with van der Waals surface area (Å²) in [6.07, 6.45) is 11.4. The van der Waals surface area contributed by atoms with Crippen LogP contribution in [0.25, 0.3) is 5.69 Å². The number of likely N-dealkylation sites (tertiary alicyclic amines) is 1. The topological polar surface area (TPSA) is 124 Å². The average Bonchev–Trinajstić information content (AvgIpc) is 3.46. The molecule has 2 aliphatic heterocycles. The van der Waals surface area contributed by atoms with E-state index in [4.69, 9.17) is 9.72 Å². The van der Waals surface area contributed by atoms with Crippen molar-refractivity contribution in [2.24, 2.45) is 0 Å². The molecule has 2 aromatic heterocycles. The number of fused-ring (bicyclic) bond motifs is 3. The number of hydrogen-bond donors (Lipinski definition) is 2. The lowest BCUT2D eigenvalue weighted by atomic mass is 9.91. The van der Waals surface area contributed by atoms with Gasteiger partial charge in [0.2, 0.25) is 5.95 Å². The molecule has 3 aromatic rings. The number of halogens is 1. The molecule has 0 bridgehead atoms. The molecule has 1 saturated carbocycles. The third-order valence-corrected chi connectivity index (χ3v) is 9.00. The van der Waals surface area contributed by atoms with Crippen molar-refractivity contribution in [2.45, 2.75) is 76.4 Å². The third kappa shape index (κ3) is 5.49. The van der Waals surface area contributed by atoms with E-state index in [2.05, 4.69) is 50.4 Å². The largest absolute Gasteiger partial charge is 0.495 e. The maximum absolute atomic E-state index is 15.4. The minimum Gasteiger partial charge on any atom is -0.495 e. The molecule has 3 aliphatic rings. The van der Waals surface area contributed by atoms with Gasteiger partial charge in [-0.15, -0.1) is 0 Å². The Hall–Kier alpha value is -4.24. The number of imidazole rings is 1. The second kappa shape index (κ2) is 12.2. The molecule has 43 heavy (non-hydrogen) atoms. The van der Waals surface area contributed by atoms with E-state index < -0.39 is 11.7 Å². The van der Waals surface area contributed by atoms with Gasteiger partial charge in [0.25, 0.3) is 5.91 Å². The lowest BCUT2D eigenvalue weighted by molar-refractivity contribution is 0.0912. The normalized spacial score (nSPS) is 19.3. The smallest absolute Gasteiger partial charge is 0.254 e.